The third-order valence-electron chi connectivity index (χ3n) is 2.27. The number of nitrogens with zero attached hydrogens (tertiary/aromatic N) is 1. The summed E-state index contributed by atoms with van der Waals surface area (Å²) in [4.78, 5) is 0. The SMILES string of the molecule is CN(Cc1ccsc1)S(=O)(=O)c1cc(Cl)c(Br)s1. The summed E-state index contributed by atoms with van der Waals surface area (Å²) in [5.74, 6) is 0. The minimum Gasteiger partial charge on any atom is -0.206 e. The molecule has 2 aromatic rings. The van der Waals surface area contributed by atoms with Gasteiger partial charge in [-0.3, -0.25) is 0 Å². The van der Waals surface area contributed by atoms with Crippen molar-refractivity contribution < 1.29 is 8.42 Å². The second-order valence-corrected chi connectivity index (χ2v) is 9.41. The monoisotopic (exact) mass is 385 g/mol. The average molecular weight is 387 g/mol. The summed E-state index contributed by atoms with van der Waals surface area (Å²) in [5.41, 5.74) is 0.979. The van der Waals surface area contributed by atoms with Gasteiger partial charge in [0.1, 0.15) is 4.21 Å². The van der Waals surface area contributed by atoms with Crippen LogP contribution in [0, 0.1) is 0 Å². The smallest absolute Gasteiger partial charge is 0.206 e. The summed E-state index contributed by atoms with van der Waals surface area (Å²) in [6.07, 6.45) is 0. The van der Waals surface area contributed by atoms with Crippen LogP contribution in [0.4, 0.5) is 0 Å². The average Bonchev–Trinajstić information content (AvgIpc) is 2.90. The zero-order valence-electron chi connectivity index (χ0n) is 9.26. The minimum absolute atomic E-state index is 0.247. The number of rotatable bonds is 4. The largest absolute Gasteiger partial charge is 0.252 e. The molecule has 0 bridgehead atoms. The highest BCUT2D eigenvalue weighted by atomic mass is 79.9. The summed E-state index contributed by atoms with van der Waals surface area (Å²) >= 11 is 11.8. The fourth-order valence-corrected chi connectivity index (χ4v) is 5.76. The van der Waals surface area contributed by atoms with Crippen LogP contribution >= 0.6 is 50.2 Å². The van der Waals surface area contributed by atoms with Gasteiger partial charge < -0.3 is 0 Å². The molecule has 0 aliphatic rings. The van der Waals surface area contributed by atoms with E-state index in [1.807, 2.05) is 16.8 Å². The summed E-state index contributed by atoms with van der Waals surface area (Å²) in [6, 6.07) is 3.38. The standard InChI is InChI=1S/C10H9BrClNO2S3/c1-13(5-7-2-3-16-6-7)18(14,15)9-4-8(12)10(11)17-9/h2-4,6H,5H2,1H3. The molecule has 0 atom stereocenters. The highest BCUT2D eigenvalue weighted by Gasteiger charge is 2.24. The van der Waals surface area contributed by atoms with Crippen LogP contribution < -0.4 is 0 Å². The number of sulfonamides is 1. The molecular weight excluding hydrogens is 378 g/mol. The van der Waals surface area contributed by atoms with Crippen molar-refractivity contribution in [2.24, 2.45) is 0 Å². The zero-order valence-corrected chi connectivity index (χ0v) is 14.1. The Kier molecular flexibility index (Phi) is 4.51. The van der Waals surface area contributed by atoms with Crippen molar-refractivity contribution in [3.05, 3.63) is 37.3 Å². The van der Waals surface area contributed by atoms with Crippen molar-refractivity contribution in [1.82, 2.24) is 4.31 Å². The van der Waals surface area contributed by atoms with Crippen LogP contribution in [-0.4, -0.2) is 19.8 Å². The summed E-state index contributed by atoms with van der Waals surface area (Å²) in [5, 5.41) is 4.28. The van der Waals surface area contributed by atoms with Gasteiger partial charge in [0.2, 0.25) is 0 Å². The lowest BCUT2D eigenvalue weighted by molar-refractivity contribution is 0.469. The number of thiophene rings is 2. The summed E-state index contributed by atoms with van der Waals surface area (Å²) in [6.45, 7) is 0.360. The van der Waals surface area contributed by atoms with E-state index in [4.69, 9.17) is 11.6 Å². The summed E-state index contributed by atoms with van der Waals surface area (Å²) in [7, 11) is -1.91. The quantitative estimate of drug-likeness (QED) is 0.795. The number of hydrogen-bond donors (Lipinski definition) is 0. The molecule has 0 aliphatic carbocycles. The maximum Gasteiger partial charge on any atom is 0.252 e. The first-order chi connectivity index (χ1) is 8.41. The second-order valence-electron chi connectivity index (χ2n) is 3.58. The van der Waals surface area contributed by atoms with Gasteiger partial charge in [0.05, 0.1) is 8.81 Å². The lowest BCUT2D eigenvalue weighted by atomic mass is 10.3. The van der Waals surface area contributed by atoms with Gasteiger partial charge in [-0.15, -0.1) is 11.3 Å². The molecule has 3 nitrogen and oxygen atoms in total. The molecule has 0 spiro atoms. The Hall–Kier alpha value is 0.0800. The lowest BCUT2D eigenvalue weighted by Crippen LogP contribution is -2.25. The first-order valence-electron chi connectivity index (χ1n) is 4.83. The molecule has 0 unspecified atom stereocenters. The fourth-order valence-electron chi connectivity index (χ4n) is 1.33. The molecule has 0 N–H and O–H groups in total. The van der Waals surface area contributed by atoms with Crippen LogP contribution in [0.5, 0.6) is 0 Å². The van der Waals surface area contributed by atoms with E-state index in [1.165, 1.54) is 10.4 Å². The molecule has 18 heavy (non-hydrogen) atoms. The van der Waals surface area contributed by atoms with Crippen molar-refractivity contribution in [1.29, 1.82) is 0 Å². The molecule has 8 heteroatoms. The molecule has 2 rings (SSSR count). The molecule has 0 fully saturated rings. The molecule has 0 saturated carbocycles. The summed E-state index contributed by atoms with van der Waals surface area (Å²) < 4.78 is 26.8. The highest BCUT2D eigenvalue weighted by molar-refractivity contribution is 9.11. The Morgan fingerprint density at radius 2 is 2.22 bits per heavy atom. The van der Waals surface area contributed by atoms with E-state index in [0.29, 0.717) is 15.4 Å². The molecule has 0 aliphatic heterocycles. The van der Waals surface area contributed by atoms with Gasteiger partial charge in [-0.25, -0.2) is 8.42 Å². The van der Waals surface area contributed by atoms with E-state index in [0.717, 1.165) is 16.9 Å². The van der Waals surface area contributed by atoms with Gasteiger partial charge in [-0.05, 0) is 44.4 Å². The van der Waals surface area contributed by atoms with E-state index in [2.05, 4.69) is 15.9 Å². The van der Waals surface area contributed by atoms with Crippen molar-refractivity contribution >= 4 is 60.2 Å². The van der Waals surface area contributed by atoms with Gasteiger partial charge >= 0.3 is 0 Å². The maximum absolute atomic E-state index is 12.3. The lowest BCUT2D eigenvalue weighted by Gasteiger charge is -2.14. The predicted octanol–water partition coefficient (Wildman–Crippen LogP) is 4.05. The third-order valence-corrected chi connectivity index (χ3v) is 7.73. The van der Waals surface area contributed by atoms with Crippen LogP contribution in [0.25, 0.3) is 0 Å². The van der Waals surface area contributed by atoms with Gasteiger partial charge in [-0.2, -0.15) is 15.6 Å². The predicted molar refractivity (Wildman–Crippen MR) is 80.0 cm³/mol. The van der Waals surface area contributed by atoms with Gasteiger partial charge in [0, 0.05) is 13.6 Å². The normalized spacial score (nSPS) is 12.2. The van der Waals surface area contributed by atoms with Crippen LogP contribution in [0.3, 0.4) is 0 Å². The van der Waals surface area contributed by atoms with Crippen molar-refractivity contribution in [3.63, 3.8) is 0 Å². The van der Waals surface area contributed by atoms with Gasteiger partial charge in [0.15, 0.2) is 0 Å². The van der Waals surface area contributed by atoms with Gasteiger partial charge in [-0.1, -0.05) is 11.6 Å². The number of halogens is 2. The zero-order chi connectivity index (χ0) is 13.3. The molecule has 0 radical (unpaired) electrons. The fraction of sp³-hybridized carbons (Fsp3) is 0.200. The van der Waals surface area contributed by atoms with Crippen LogP contribution in [0.15, 0.2) is 30.9 Å². The van der Waals surface area contributed by atoms with Crippen molar-refractivity contribution in [2.75, 3.05) is 7.05 Å². The van der Waals surface area contributed by atoms with Crippen LogP contribution in [0.2, 0.25) is 5.02 Å². The molecule has 98 valence electrons. The van der Waals surface area contributed by atoms with Crippen molar-refractivity contribution in [3.8, 4) is 0 Å². The first kappa shape index (κ1) is 14.5. The Morgan fingerprint density at radius 1 is 1.50 bits per heavy atom. The van der Waals surface area contributed by atoms with E-state index in [1.54, 1.807) is 18.4 Å². The van der Waals surface area contributed by atoms with Crippen LogP contribution in [0.1, 0.15) is 5.56 Å². The van der Waals surface area contributed by atoms with E-state index in [-0.39, 0.29) is 4.21 Å². The highest BCUT2D eigenvalue weighted by Crippen LogP contribution is 2.35. The molecule has 2 heterocycles. The molecular formula is C10H9BrClNO2S3. The molecule has 2 aromatic heterocycles. The number of hydrogen-bond acceptors (Lipinski definition) is 4. The first-order valence-corrected chi connectivity index (χ1v) is 9.20. The Balaban J connectivity index is 2.25. The second kappa shape index (κ2) is 5.60. The van der Waals surface area contributed by atoms with Crippen LogP contribution in [-0.2, 0) is 16.6 Å². The Labute approximate surface area is 127 Å². The Morgan fingerprint density at radius 3 is 2.72 bits per heavy atom. The van der Waals surface area contributed by atoms with Gasteiger partial charge in [0.25, 0.3) is 10.0 Å². The minimum atomic E-state index is -3.47. The maximum atomic E-state index is 12.3. The Bertz CT molecular complexity index is 617. The molecule has 0 amide bonds. The van der Waals surface area contributed by atoms with Crippen molar-refractivity contribution in [2.45, 2.75) is 10.8 Å². The molecule has 0 saturated heterocycles. The third kappa shape index (κ3) is 2.97. The topological polar surface area (TPSA) is 37.4 Å². The van der Waals surface area contributed by atoms with E-state index >= 15 is 0 Å². The van der Waals surface area contributed by atoms with E-state index < -0.39 is 10.0 Å². The molecule has 0 aromatic carbocycles. The van der Waals surface area contributed by atoms with E-state index in [9.17, 15) is 8.42 Å².